The molecule has 2 aromatic rings. The molecule has 3 rings (SSSR count). The molecule has 1 saturated heterocycles. The largest absolute Gasteiger partial charge is 0.378 e. The van der Waals surface area contributed by atoms with E-state index in [4.69, 9.17) is 4.74 Å². The van der Waals surface area contributed by atoms with E-state index in [9.17, 15) is 4.79 Å². The number of carbonyl (C=O) groups excluding carboxylic acids is 1. The van der Waals surface area contributed by atoms with Gasteiger partial charge < -0.3 is 15.0 Å². The molecule has 146 valence electrons. The summed E-state index contributed by atoms with van der Waals surface area (Å²) in [6.07, 6.45) is 0.917. The molecule has 1 aliphatic rings. The van der Waals surface area contributed by atoms with Crippen molar-refractivity contribution in [1.29, 1.82) is 0 Å². The summed E-state index contributed by atoms with van der Waals surface area (Å²) in [4.78, 5) is 14.7. The molecule has 0 bridgehead atoms. The zero-order chi connectivity index (χ0) is 19.1. The van der Waals surface area contributed by atoms with E-state index >= 15 is 0 Å². The van der Waals surface area contributed by atoms with Crippen LogP contribution in [0.25, 0.3) is 0 Å². The quantitative estimate of drug-likeness (QED) is 0.678. The van der Waals surface area contributed by atoms with Gasteiger partial charge in [0.05, 0.1) is 25.0 Å². The second kappa shape index (κ2) is 10.1. The van der Waals surface area contributed by atoms with Crippen LogP contribution in [0.3, 0.4) is 0 Å². The minimum Gasteiger partial charge on any atom is -0.378 e. The molecule has 1 aliphatic heterocycles. The van der Waals surface area contributed by atoms with Crippen LogP contribution in [0.2, 0.25) is 0 Å². The average molecular weight is 407 g/mol. The zero-order valence-corrected chi connectivity index (χ0v) is 17.4. The number of hydrogen-bond acceptors (Lipinski definition) is 7. The highest BCUT2D eigenvalue weighted by Crippen LogP contribution is 2.28. The Morgan fingerprint density at radius 2 is 2.00 bits per heavy atom. The number of rotatable bonds is 8. The molecule has 0 spiro atoms. The topological polar surface area (TPSA) is 67.4 Å². The van der Waals surface area contributed by atoms with Crippen LogP contribution in [0.5, 0.6) is 0 Å². The molecule has 1 aromatic carbocycles. The van der Waals surface area contributed by atoms with E-state index in [0.29, 0.717) is 11.7 Å². The summed E-state index contributed by atoms with van der Waals surface area (Å²) in [7, 11) is 0. The summed E-state index contributed by atoms with van der Waals surface area (Å²) < 4.78 is 6.19. The van der Waals surface area contributed by atoms with Crippen molar-refractivity contribution in [2.24, 2.45) is 5.92 Å². The third-order valence-electron chi connectivity index (χ3n) is 4.25. The van der Waals surface area contributed by atoms with Gasteiger partial charge in [-0.25, -0.2) is 0 Å². The predicted octanol–water partition coefficient (Wildman–Crippen LogP) is 3.37. The molecular formula is C19H26N4O2S2. The van der Waals surface area contributed by atoms with Crippen molar-refractivity contribution in [2.45, 2.75) is 30.6 Å². The second-order valence-electron chi connectivity index (χ2n) is 6.90. The van der Waals surface area contributed by atoms with Crippen LogP contribution in [0, 0.1) is 5.92 Å². The SMILES string of the molecule is CC(C)CC(NC(=O)CSc1nnc(N2CCOCC2)s1)c1ccccc1. The molecule has 1 aromatic heterocycles. The standard InChI is InChI=1S/C19H26N4O2S2/c1-14(2)12-16(15-6-4-3-5-7-15)20-17(24)13-26-19-22-21-18(27-19)23-8-10-25-11-9-23/h3-7,14,16H,8-13H2,1-2H3,(H,20,24). The fraction of sp³-hybridized carbons (Fsp3) is 0.526. The van der Waals surface area contributed by atoms with E-state index < -0.39 is 0 Å². The second-order valence-corrected chi connectivity index (χ2v) is 9.08. The Morgan fingerprint density at radius 1 is 1.26 bits per heavy atom. The minimum atomic E-state index is 0.0256. The number of nitrogens with zero attached hydrogens (tertiary/aromatic N) is 3. The molecular weight excluding hydrogens is 380 g/mol. The van der Waals surface area contributed by atoms with E-state index in [1.54, 1.807) is 0 Å². The first-order chi connectivity index (χ1) is 13.1. The van der Waals surface area contributed by atoms with Gasteiger partial charge >= 0.3 is 0 Å². The van der Waals surface area contributed by atoms with Crippen molar-refractivity contribution in [3.05, 3.63) is 35.9 Å². The maximum atomic E-state index is 12.5. The van der Waals surface area contributed by atoms with Gasteiger partial charge in [0.15, 0.2) is 4.34 Å². The Kier molecular flexibility index (Phi) is 7.49. The third-order valence-corrected chi connectivity index (χ3v) is 6.37. The third kappa shape index (κ3) is 6.19. The van der Waals surface area contributed by atoms with Crippen molar-refractivity contribution in [2.75, 3.05) is 37.0 Å². The van der Waals surface area contributed by atoms with Gasteiger partial charge in [-0.3, -0.25) is 4.79 Å². The molecule has 27 heavy (non-hydrogen) atoms. The highest BCUT2D eigenvalue weighted by molar-refractivity contribution is 8.01. The molecule has 0 aliphatic carbocycles. The highest BCUT2D eigenvalue weighted by atomic mass is 32.2. The molecule has 6 nitrogen and oxygen atoms in total. The fourth-order valence-corrected chi connectivity index (χ4v) is 4.65. The first kappa shape index (κ1) is 20.1. The number of carbonyl (C=O) groups is 1. The summed E-state index contributed by atoms with van der Waals surface area (Å²) in [5.74, 6) is 0.874. The van der Waals surface area contributed by atoms with Crippen molar-refractivity contribution >= 4 is 34.1 Å². The summed E-state index contributed by atoms with van der Waals surface area (Å²) in [6, 6.07) is 10.2. The molecule has 0 saturated carbocycles. The number of morpholine rings is 1. The number of hydrogen-bond donors (Lipinski definition) is 1. The van der Waals surface area contributed by atoms with Crippen LogP contribution in [-0.4, -0.2) is 48.2 Å². The van der Waals surface area contributed by atoms with E-state index in [2.05, 4.69) is 46.4 Å². The number of amides is 1. The molecule has 1 fully saturated rings. The Balaban J connectivity index is 1.52. The Labute approximate surface area is 168 Å². The maximum Gasteiger partial charge on any atom is 0.230 e. The van der Waals surface area contributed by atoms with Crippen LogP contribution in [0.1, 0.15) is 31.9 Å². The van der Waals surface area contributed by atoms with E-state index in [-0.39, 0.29) is 11.9 Å². The van der Waals surface area contributed by atoms with Gasteiger partial charge in [0.1, 0.15) is 0 Å². The fourth-order valence-electron chi connectivity index (χ4n) is 2.94. The molecule has 1 atom stereocenters. The lowest BCUT2D eigenvalue weighted by Crippen LogP contribution is -2.36. The maximum absolute atomic E-state index is 12.5. The number of benzene rings is 1. The summed E-state index contributed by atoms with van der Waals surface area (Å²) in [6.45, 7) is 7.47. The number of ether oxygens (including phenoxy) is 1. The molecule has 1 N–H and O–H groups in total. The normalized spacial score (nSPS) is 15.7. The molecule has 1 unspecified atom stereocenters. The lowest BCUT2D eigenvalue weighted by atomic mass is 9.97. The number of thioether (sulfide) groups is 1. The zero-order valence-electron chi connectivity index (χ0n) is 15.8. The van der Waals surface area contributed by atoms with Gasteiger partial charge in [-0.2, -0.15) is 0 Å². The Morgan fingerprint density at radius 3 is 2.70 bits per heavy atom. The van der Waals surface area contributed by atoms with Crippen molar-refractivity contribution in [3.63, 3.8) is 0 Å². The molecule has 2 heterocycles. The van der Waals surface area contributed by atoms with Gasteiger partial charge in [0.2, 0.25) is 11.0 Å². The first-order valence-corrected chi connectivity index (χ1v) is 11.1. The monoisotopic (exact) mass is 406 g/mol. The van der Waals surface area contributed by atoms with Crippen LogP contribution < -0.4 is 10.2 Å². The van der Waals surface area contributed by atoms with Crippen molar-refractivity contribution in [1.82, 2.24) is 15.5 Å². The van der Waals surface area contributed by atoms with Gasteiger partial charge in [-0.15, -0.1) is 10.2 Å². The van der Waals surface area contributed by atoms with Gasteiger partial charge in [-0.05, 0) is 17.9 Å². The van der Waals surface area contributed by atoms with E-state index in [1.807, 2.05) is 18.2 Å². The Bertz CT molecular complexity index is 718. The summed E-state index contributed by atoms with van der Waals surface area (Å²) in [5, 5.41) is 12.6. The number of nitrogens with one attached hydrogen (secondary N) is 1. The molecule has 8 heteroatoms. The lowest BCUT2D eigenvalue weighted by molar-refractivity contribution is -0.119. The molecule has 1 amide bonds. The average Bonchev–Trinajstić information content (AvgIpc) is 3.16. The van der Waals surface area contributed by atoms with Crippen molar-refractivity contribution < 1.29 is 9.53 Å². The van der Waals surface area contributed by atoms with Gasteiger partial charge in [-0.1, -0.05) is 67.3 Å². The first-order valence-electron chi connectivity index (χ1n) is 9.25. The van der Waals surface area contributed by atoms with Gasteiger partial charge in [0.25, 0.3) is 0 Å². The smallest absolute Gasteiger partial charge is 0.230 e. The van der Waals surface area contributed by atoms with Crippen LogP contribution in [0.15, 0.2) is 34.7 Å². The van der Waals surface area contributed by atoms with Gasteiger partial charge in [0, 0.05) is 13.1 Å². The predicted molar refractivity (Wildman–Crippen MR) is 110 cm³/mol. The summed E-state index contributed by atoms with van der Waals surface area (Å²) in [5.41, 5.74) is 1.15. The van der Waals surface area contributed by atoms with E-state index in [0.717, 1.165) is 47.8 Å². The molecule has 0 radical (unpaired) electrons. The van der Waals surface area contributed by atoms with Crippen molar-refractivity contribution in [3.8, 4) is 0 Å². The summed E-state index contributed by atoms with van der Waals surface area (Å²) >= 11 is 2.98. The lowest BCUT2D eigenvalue weighted by Gasteiger charge is -2.25. The number of anilines is 1. The highest BCUT2D eigenvalue weighted by Gasteiger charge is 2.18. The minimum absolute atomic E-state index is 0.0256. The van der Waals surface area contributed by atoms with Crippen LogP contribution >= 0.6 is 23.1 Å². The van der Waals surface area contributed by atoms with E-state index in [1.165, 1.54) is 23.1 Å². The van der Waals surface area contributed by atoms with Crippen LogP contribution in [0.4, 0.5) is 5.13 Å². The van der Waals surface area contributed by atoms with Crippen LogP contribution in [-0.2, 0) is 9.53 Å². The number of aromatic nitrogens is 2. The Hall–Kier alpha value is -1.64.